The van der Waals surface area contributed by atoms with E-state index in [9.17, 15) is 14.0 Å². The Hall–Kier alpha value is -3.03. The van der Waals surface area contributed by atoms with E-state index < -0.39 is 17.2 Å². The first-order chi connectivity index (χ1) is 11.3. The second kappa shape index (κ2) is 5.55. The van der Waals surface area contributed by atoms with Crippen molar-refractivity contribution < 1.29 is 9.18 Å². The Labute approximate surface area is 136 Å². The van der Waals surface area contributed by atoms with E-state index >= 15 is 0 Å². The second-order valence-corrected chi connectivity index (χ2v) is 5.59. The van der Waals surface area contributed by atoms with Crippen LogP contribution in [0.4, 0.5) is 10.1 Å². The van der Waals surface area contributed by atoms with E-state index in [1.54, 1.807) is 32.6 Å². The Morgan fingerprint density at radius 3 is 2.50 bits per heavy atom. The Kier molecular flexibility index (Phi) is 3.67. The zero-order valence-corrected chi connectivity index (χ0v) is 13.7. The summed E-state index contributed by atoms with van der Waals surface area (Å²) in [5.74, 6) is -1.20. The van der Waals surface area contributed by atoms with Gasteiger partial charge < -0.3 is 5.32 Å². The standard InChI is InChI=1S/C16H16FN5O2/c1-8-13(9(2)21(3)19-8)18-16(24)14-15(23)11-7-10(17)5-6-12(11)22(4)20-14/h5-7H,1-4H3,(H,18,24). The molecule has 2 heterocycles. The van der Waals surface area contributed by atoms with Gasteiger partial charge >= 0.3 is 0 Å². The number of aromatic nitrogens is 4. The van der Waals surface area contributed by atoms with E-state index in [0.717, 1.165) is 11.8 Å². The molecule has 0 aliphatic heterocycles. The summed E-state index contributed by atoms with van der Waals surface area (Å²) >= 11 is 0. The van der Waals surface area contributed by atoms with E-state index in [0.29, 0.717) is 16.9 Å². The number of anilines is 1. The van der Waals surface area contributed by atoms with E-state index in [2.05, 4.69) is 15.5 Å². The fourth-order valence-corrected chi connectivity index (χ4v) is 2.62. The summed E-state index contributed by atoms with van der Waals surface area (Å²) in [5.41, 5.74) is 1.46. The third-order valence-electron chi connectivity index (χ3n) is 3.98. The van der Waals surface area contributed by atoms with E-state index in [-0.39, 0.29) is 11.1 Å². The van der Waals surface area contributed by atoms with Crippen LogP contribution in [0.1, 0.15) is 21.9 Å². The zero-order valence-electron chi connectivity index (χ0n) is 13.7. The van der Waals surface area contributed by atoms with Crippen LogP contribution in [-0.2, 0) is 14.1 Å². The number of nitrogens with one attached hydrogen (secondary N) is 1. The van der Waals surface area contributed by atoms with Gasteiger partial charge in [-0.15, -0.1) is 0 Å². The van der Waals surface area contributed by atoms with Crippen molar-refractivity contribution in [2.75, 3.05) is 5.32 Å². The number of halogens is 1. The van der Waals surface area contributed by atoms with Crippen molar-refractivity contribution in [2.45, 2.75) is 13.8 Å². The van der Waals surface area contributed by atoms with Crippen LogP contribution in [0.5, 0.6) is 0 Å². The van der Waals surface area contributed by atoms with Crippen molar-refractivity contribution in [3.05, 3.63) is 51.3 Å². The highest BCUT2D eigenvalue weighted by atomic mass is 19.1. The van der Waals surface area contributed by atoms with Crippen molar-refractivity contribution >= 4 is 22.5 Å². The summed E-state index contributed by atoms with van der Waals surface area (Å²) in [6.45, 7) is 3.56. The van der Waals surface area contributed by atoms with Crippen molar-refractivity contribution in [1.82, 2.24) is 19.6 Å². The summed E-state index contributed by atoms with van der Waals surface area (Å²) in [4.78, 5) is 25.0. The van der Waals surface area contributed by atoms with Crippen LogP contribution in [0.2, 0.25) is 0 Å². The number of carbonyl (C=O) groups is 1. The summed E-state index contributed by atoms with van der Waals surface area (Å²) in [7, 11) is 3.35. The zero-order chi connectivity index (χ0) is 17.6. The Morgan fingerprint density at radius 1 is 1.17 bits per heavy atom. The first-order valence-corrected chi connectivity index (χ1v) is 7.27. The monoisotopic (exact) mass is 329 g/mol. The van der Waals surface area contributed by atoms with Gasteiger partial charge in [0.25, 0.3) is 5.91 Å². The number of amides is 1. The predicted octanol–water partition coefficient (Wildman–Crippen LogP) is 1.68. The molecule has 3 aromatic rings. The second-order valence-electron chi connectivity index (χ2n) is 5.59. The van der Waals surface area contributed by atoms with Gasteiger partial charge in [-0.2, -0.15) is 10.2 Å². The predicted molar refractivity (Wildman–Crippen MR) is 87.6 cm³/mol. The summed E-state index contributed by atoms with van der Waals surface area (Å²) in [6, 6.07) is 3.80. The SMILES string of the molecule is Cc1nn(C)c(C)c1NC(=O)c1nn(C)c2ccc(F)cc2c1=O. The van der Waals surface area contributed by atoms with Crippen LogP contribution < -0.4 is 10.7 Å². The van der Waals surface area contributed by atoms with Gasteiger partial charge in [0.05, 0.1) is 28.0 Å². The lowest BCUT2D eigenvalue weighted by Crippen LogP contribution is -2.26. The molecule has 1 aromatic carbocycles. The van der Waals surface area contributed by atoms with Crippen LogP contribution in [0.25, 0.3) is 10.9 Å². The molecule has 8 heteroatoms. The van der Waals surface area contributed by atoms with Gasteiger partial charge in [0, 0.05) is 14.1 Å². The molecule has 0 unspecified atom stereocenters. The van der Waals surface area contributed by atoms with Gasteiger partial charge in [0.1, 0.15) is 5.82 Å². The van der Waals surface area contributed by atoms with Gasteiger partial charge in [0.15, 0.2) is 5.69 Å². The summed E-state index contributed by atoms with van der Waals surface area (Å²) in [5, 5.41) is 11.0. The molecule has 124 valence electrons. The smallest absolute Gasteiger partial charge is 0.280 e. The number of hydrogen-bond acceptors (Lipinski definition) is 4. The average Bonchev–Trinajstić information content (AvgIpc) is 2.77. The Balaban J connectivity index is 2.10. The van der Waals surface area contributed by atoms with Gasteiger partial charge in [-0.25, -0.2) is 4.39 Å². The topological polar surface area (TPSA) is 81.8 Å². The average molecular weight is 329 g/mol. The number of rotatable bonds is 2. The third-order valence-corrected chi connectivity index (χ3v) is 3.98. The largest absolute Gasteiger partial charge is 0.317 e. The molecule has 0 bridgehead atoms. The Bertz CT molecular complexity index is 1040. The first kappa shape index (κ1) is 15.9. The highest BCUT2D eigenvalue weighted by Gasteiger charge is 2.20. The van der Waals surface area contributed by atoms with E-state index in [4.69, 9.17) is 0 Å². The molecule has 7 nitrogen and oxygen atoms in total. The van der Waals surface area contributed by atoms with Crippen LogP contribution >= 0.6 is 0 Å². The number of fused-ring (bicyclic) bond motifs is 1. The van der Waals surface area contributed by atoms with Gasteiger partial charge in [-0.3, -0.25) is 19.0 Å². The maximum Gasteiger partial charge on any atom is 0.280 e. The highest BCUT2D eigenvalue weighted by Crippen LogP contribution is 2.19. The third kappa shape index (κ3) is 2.45. The number of benzene rings is 1. The van der Waals surface area contributed by atoms with E-state index in [1.807, 2.05) is 0 Å². The normalized spacial score (nSPS) is 11.0. The lowest BCUT2D eigenvalue weighted by Gasteiger charge is -2.09. The molecule has 1 amide bonds. The number of carbonyl (C=O) groups excluding carboxylic acids is 1. The molecule has 2 aromatic heterocycles. The van der Waals surface area contributed by atoms with Crippen molar-refractivity contribution in [3.63, 3.8) is 0 Å². The number of aryl methyl sites for hydroxylation is 3. The quantitative estimate of drug-likeness (QED) is 0.775. The lowest BCUT2D eigenvalue weighted by molar-refractivity contribution is 0.101. The summed E-state index contributed by atoms with van der Waals surface area (Å²) in [6.07, 6.45) is 0. The molecule has 24 heavy (non-hydrogen) atoms. The lowest BCUT2D eigenvalue weighted by atomic mass is 10.2. The minimum absolute atomic E-state index is 0.109. The molecule has 0 fully saturated rings. The van der Waals surface area contributed by atoms with Crippen LogP contribution in [0.3, 0.4) is 0 Å². The van der Waals surface area contributed by atoms with Gasteiger partial charge in [0.2, 0.25) is 5.43 Å². The minimum Gasteiger partial charge on any atom is -0.317 e. The van der Waals surface area contributed by atoms with Gasteiger partial charge in [-0.1, -0.05) is 0 Å². The molecule has 0 saturated heterocycles. The van der Waals surface area contributed by atoms with Crippen LogP contribution in [0.15, 0.2) is 23.0 Å². The number of hydrogen-bond donors (Lipinski definition) is 1. The van der Waals surface area contributed by atoms with Crippen molar-refractivity contribution in [1.29, 1.82) is 0 Å². The molecule has 0 radical (unpaired) electrons. The van der Waals surface area contributed by atoms with Crippen LogP contribution in [-0.4, -0.2) is 25.5 Å². The molecule has 0 saturated carbocycles. The van der Waals surface area contributed by atoms with Crippen molar-refractivity contribution in [3.8, 4) is 0 Å². The molecule has 0 aliphatic carbocycles. The maximum absolute atomic E-state index is 13.5. The number of nitrogens with zero attached hydrogens (tertiary/aromatic N) is 4. The molecule has 3 rings (SSSR count). The minimum atomic E-state index is -0.652. The van der Waals surface area contributed by atoms with Crippen molar-refractivity contribution in [2.24, 2.45) is 14.1 Å². The highest BCUT2D eigenvalue weighted by molar-refractivity contribution is 6.04. The fourth-order valence-electron chi connectivity index (χ4n) is 2.62. The molecule has 0 atom stereocenters. The molecule has 0 spiro atoms. The molecule has 0 aliphatic rings. The maximum atomic E-state index is 13.5. The molecule has 1 N–H and O–H groups in total. The molecular formula is C16H16FN5O2. The first-order valence-electron chi connectivity index (χ1n) is 7.27. The summed E-state index contributed by atoms with van der Waals surface area (Å²) < 4.78 is 16.5. The molecular weight excluding hydrogens is 313 g/mol. The fraction of sp³-hybridized carbons (Fsp3) is 0.250. The van der Waals surface area contributed by atoms with Crippen LogP contribution in [0, 0.1) is 19.7 Å². The van der Waals surface area contributed by atoms with Gasteiger partial charge in [-0.05, 0) is 32.0 Å². The Morgan fingerprint density at radius 2 is 1.88 bits per heavy atom. The van der Waals surface area contributed by atoms with E-state index in [1.165, 1.54) is 16.8 Å².